The van der Waals surface area contributed by atoms with Gasteiger partial charge in [-0.25, -0.2) is 8.42 Å². The smallest absolute Gasteiger partial charge is 0.305 e. The van der Waals surface area contributed by atoms with Crippen LogP contribution in [0, 0.1) is 0 Å². The van der Waals surface area contributed by atoms with Crippen molar-refractivity contribution in [2.75, 3.05) is 46.4 Å². The van der Waals surface area contributed by atoms with E-state index in [0.717, 1.165) is 0 Å². The summed E-state index contributed by atoms with van der Waals surface area (Å²) in [6.45, 7) is 2.15. The Kier molecular flexibility index (Phi) is 8.03. The van der Waals surface area contributed by atoms with Gasteiger partial charge in [-0.3, -0.25) is 14.5 Å². The Morgan fingerprint density at radius 2 is 1.93 bits per heavy atom. The number of piperazine rings is 1. The molecule has 0 aromatic heterocycles. The van der Waals surface area contributed by atoms with Gasteiger partial charge in [0.05, 0.1) is 18.6 Å². The number of sulfonamides is 1. The minimum atomic E-state index is -3.59. The minimum Gasteiger partial charge on any atom is -0.469 e. The van der Waals surface area contributed by atoms with Crippen LogP contribution >= 0.6 is 11.6 Å². The molecule has 1 heterocycles. The number of halogens is 1. The number of ether oxygens (including phenoxy) is 1. The van der Waals surface area contributed by atoms with Crippen LogP contribution in [0.1, 0.15) is 12.8 Å². The number of nitrogens with zero attached hydrogens (tertiary/aromatic N) is 2. The molecule has 1 aromatic carbocycles. The summed E-state index contributed by atoms with van der Waals surface area (Å²) in [6.07, 6.45) is 0.779. The van der Waals surface area contributed by atoms with Gasteiger partial charge in [0.15, 0.2) is 0 Å². The number of hydrogen-bond acceptors (Lipinski definition) is 6. The molecular formula is C17H24ClN3O5S. The lowest BCUT2D eigenvalue weighted by Gasteiger charge is -2.33. The minimum absolute atomic E-state index is 0.147. The number of carbonyl (C=O) groups is 2. The summed E-state index contributed by atoms with van der Waals surface area (Å²) in [6, 6.07) is 6.19. The van der Waals surface area contributed by atoms with Crippen LogP contribution in [0.4, 0.5) is 0 Å². The quantitative estimate of drug-likeness (QED) is 0.494. The van der Waals surface area contributed by atoms with Crippen LogP contribution in [0.2, 0.25) is 5.02 Å². The number of carbonyl (C=O) groups excluding carboxylic acids is 2. The molecule has 0 atom stereocenters. The largest absolute Gasteiger partial charge is 0.469 e. The number of nitrogens with one attached hydrogen (secondary N) is 1. The molecule has 1 fully saturated rings. The van der Waals surface area contributed by atoms with E-state index in [1.54, 1.807) is 12.1 Å². The third-order valence-electron chi connectivity index (χ3n) is 4.24. The summed E-state index contributed by atoms with van der Waals surface area (Å²) < 4.78 is 31.2. The molecule has 0 spiro atoms. The first-order chi connectivity index (χ1) is 12.8. The predicted molar refractivity (Wildman–Crippen MR) is 101 cm³/mol. The topological polar surface area (TPSA) is 96.0 Å². The number of benzene rings is 1. The number of hydrogen-bond donors (Lipinski definition) is 1. The molecule has 0 saturated carbocycles. The van der Waals surface area contributed by atoms with Crippen molar-refractivity contribution in [3.05, 3.63) is 29.3 Å². The fourth-order valence-electron chi connectivity index (χ4n) is 2.73. The van der Waals surface area contributed by atoms with E-state index in [0.29, 0.717) is 44.2 Å². The highest BCUT2D eigenvalue weighted by Gasteiger charge is 2.29. The van der Waals surface area contributed by atoms with E-state index in [1.165, 1.54) is 23.5 Å². The molecule has 1 aliphatic heterocycles. The zero-order valence-electron chi connectivity index (χ0n) is 15.2. The normalized spacial score (nSPS) is 16.1. The molecule has 1 saturated heterocycles. The predicted octanol–water partition coefficient (Wildman–Crippen LogP) is 0.716. The van der Waals surface area contributed by atoms with E-state index in [4.69, 9.17) is 11.6 Å². The second kappa shape index (κ2) is 10.0. The Hall–Kier alpha value is -1.68. The van der Waals surface area contributed by atoms with Gasteiger partial charge in [-0.2, -0.15) is 4.31 Å². The molecule has 0 unspecified atom stereocenters. The number of rotatable bonds is 8. The van der Waals surface area contributed by atoms with Crippen molar-refractivity contribution in [1.29, 1.82) is 0 Å². The van der Waals surface area contributed by atoms with Crippen molar-refractivity contribution >= 4 is 33.5 Å². The van der Waals surface area contributed by atoms with Gasteiger partial charge < -0.3 is 10.1 Å². The molecule has 150 valence electrons. The Morgan fingerprint density at radius 3 is 2.56 bits per heavy atom. The lowest BCUT2D eigenvalue weighted by atomic mass is 10.3. The highest BCUT2D eigenvalue weighted by Crippen LogP contribution is 2.20. The van der Waals surface area contributed by atoms with E-state index >= 15 is 0 Å². The van der Waals surface area contributed by atoms with Gasteiger partial charge in [0.2, 0.25) is 15.9 Å². The van der Waals surface area contributed by atoms with Crippen LogP contribution in [0.25, 0.3) is 0 Å². The Bertz CT molecular complexity index is 764. The van der Waals surface area contributed by atoms with Crippen LogP contribution in [0.5, 0.6) is 0 Å². The van der Waals surface area contributed by atoms with Gasteiger partial charge >= 0.3 is 5.97 Å². The third-order valence-corrected chi connectivity index (χ3v) is 6.37. The first-order valence-corrected chi connectivity index (χ1v) is 10.5. The maximum atomic E-state index is 12.7. The van der Waals surface area contributed by atoms with E-state index in [2.05, 4.69) is 10.1 Å². The van der Waals surface area contributed by atoms with Crippen LogP contribution in [0.15, 0.2) is 29.2 Å². The van der Waals surface area contributed by atoms with Crippen molar-refractivity contribution in [3.63, 3.8) is 0 Å². The fraction of sp³-hybridized carbons (Fsp3) is 0.529. The molecule has 1 N–H and O–H groups in total. The molecule has 27 heavy (non-hydrogen) atoms. The van der Waals surface area contributed by atoms with Gasteiger partial charge in [0.25, 0.3) is 0 Å². The summed E-state index contributed by atoms with van der Waals surface area (Å²) in [5.74, 6) is -0.452. The van der Waals surface area contributed by atoms with Crippen LogP contribution in [-0.4, -0.2) is 75.9 Å². The molecule has 0 bridgehead atoms. The van der Waals surface area contributed by atoms with Crippen molar-refractivity contribution in [2.24, 2.45) is 0 Å². The Morgan fingerprint density at radius 1 is 1.22 bits per heavy atom. The first-order valence-electron chi connectivity index (χ1n) is 8.64. The highest BCUT2D eigenvalue weighted by molar-refractivity contribution is 7.89. The lowest BCUT2D eigenvalue weighted by Crippen LogP contribution is -2.51. The van der Waals surface area contributed by atoms with Gasteiger partial charge in [0, 0.05) is 44.2 Å². The van der Waals surface area contributed by atoms with Gasteiger partial charge in [-0.05, 0) is 24.6 Å². The summed E-state index contributed by atoms with van der Waals surface area (Å²) in [7, 11) is -2.26. The van der Waals surface area contributed by atoms with E-state index < -0.39 is 10.0 Å². The number of esters is 1. The van der Waals surface area contributed by atoms with Crippen LogP contribution < -0.4 is 5.32 Å². The summed E-state index contributed by atoms with van der Waals surface area (Å²) >= 11 is 5.89. The fourth-order valence-corrected chi connectivity index (χ4v) is 4.45. The van der Waals surface area contributed by atoms with Crippen molar-refractivity contribution in [3.8, 4) is 0 Å². The average Bonchev–Trinajstić information content (AvgIpc) is 2.65. The van der Waals surface area contributed by atoms with E-state index in [9.17, 15) is 18.0 Å². The second-order valence-electron chi connectivity index (χ2n) is 6.17. The third kappa shape index (κ3) is 6.46. The molecular weight excluding hydrogens is 394 g/mol. The molecule has 1 aliphatic rings. The van der Waals surface area contributed by atoms with Crippen molar-refractivity contribution in [2.45, 2.75) is 17.7 Å². The maximum absolute atomic E-state index is 12.7. The summed E-state index contributed by atoms with van der Waals surface area (Å²) in [4.78, 5) is 25.0. The molecule has 1 amide bonds. The van der Waals surface area contributed by atoms with E-state index in [-0.39, 0.29) is 29.7 Å². The zero-order chi connectivity index (χ0) is 19.9. The molecule has 2 rings (SSSR count). The van der Waals surface area contributed by atoms with Crippen molar-refractivity contribution in [1.82, 2.24) is 14.5 Å². The number of methoxy groups -OCH3 is 1. The maximum Gasteiger partial charge on any atom is 0.305 e. The molecule has 1 aromatic rings. The molecule has 0 aliphatic carbocycles. The molecule has 10 heteroatoms. The first kappa shape index (κ1) is 21.6. The number of amides is 1. The van der Waals surface area contributed by atoms with Crippen molar-refractivity contribution < 1.29 is 22.7 Å². The Balaban J connectivity index is 1.76. The summed E-state index contributed by atoms with van der Waals surface area (Å²) in [5, 5.41) is 3.12. The summed E-state index contributed by atoms with van der Waals surface area (Å²) in [5.41, 5.74) is 0. The molecule has 8 nitrogen and oxygen atoms in total. The van der Waals surface area contributed by atoms with E-state index in [1.807, 2.05) is 4.90 Å². The highest BCUT2D eigenvalue weighted by atomic mass is 35.5. The Labute approximate surface area is 164 Å². The van der Waals surface area contributed by atoms with Gasteiger partial charge in [-0.15, -0.1) is 0 Å². The molecule has 0 radical (unpaired) electrons. The monoisotopic (exact) mass is 417 g/mol. The zero-order valence-corrected chi connectivity index (χ0v) is 16.8. The van der Waals surface area contributed by atoms with Gasteiger partial charge in [0.1, 0.15) is 0 Å². The SMILES string of the molecule is COC(=O)CCCNC(=O)CN1CCN(S(=O)(=O)c2cccc(Cl)c2)CC1. The van der Waals surface area contributed by atoms with Gasteiger partial charge in [-0.1, -0.05) is 17.7 Å². The average molecular weight is 418 g/mol. The van der Waals surface area contributed by atoms with Crippen LogP contribution in [0.3, 0.4) is 0 Å². The van der Waals surface area contributed by atoms with Crippen LogP contribution in [-0.2, 0) is 24.3 Å². The standard InChI is InChI=1S/C17H24ClN3O5S/c1-26-17(23)6-3-7-19-16(22)13-20-8-10-21(11-9-20)27(24,25)15-5-2-4-14(18)12-15/h2,4-5,12H,3,6-11,13H2,1H3,(H,19,22). The second-order valence-corrected chi connectivity index (χ2v) is 8.54. The lowest BCUT2D eigenvalue weighted by molar-refractivity contribution is -0.140.